The van der Waals surface area contributed by atoms with E-state index in [4.69, 9.17) is 10.5 Å². The van der Waals surface area contributed by atoms with Crippen LogP contribution in [0.3, 0.4) is 0 Å². The molecule has 1 aromatic carbocycles. The van der Waals surface area contributed by atoms with Crippen LogP contribution in [0.4, 0.5) is 0 Å². The van der Waals surface area contributed by atoms with Crippen LogP contribution >= 0.6 is 0 Å². The zero-order valence-electron chi connectivity index (χ0n) is 21.0. The lowest BCUT2D eigenvalue weighted by atomic mass is 9.79. The fourth-order valence-corrected chi connectivity index (χ4v) is 5.93. The summed E-state index contributed by atoms with van der Waals surface area (Å²) in [5.74, 6) is 1.50. The predicted octanol–water partition coefficient (Wildman–Crippen LogP) is 5.52. The average Bonchev–Trinajstić information content (AvgIpc) is 3.20. The van der Waals surface area contributed by atoms with Crippen molar-refractivity contribution in [2.75, 3.05) is 13.1 Å². The summed E-state index contributed by atoms with van der Waals surface area (Å²) in [4.78, 5) is 15.1. The van der Waals surface area contributed by atoms with Gasteiger partial charge in [0, 0.05) is 30.7 Å². The van der Waals surface area contributed by atoms with Crippen LogP contribution in [-0.4, -0.2) is 40.6 Å². The molecule has 1 unspecified atom stereocenters. The van der Waals surface area contributed by atoms with Gasteiger partial charge >= 0.3 is 5.97 Å². The van der Waals surface area contributed by atoms with Crippen molar-refractivity contribution >= 4 is 16.9 Å². The molecule has 2 fully saturated rings. The topological polar surface area (TPSA) is 60.5 Å². The Morgan fingerprint density at radius 3 is 2.30 bits per heavy atom. The highest BCUT2D eigenvalue weighted by Crippen LogP contribution is 2.36. The van der Waals surface area contributed by atoms with Crippen LogP contribution in [0.2, 0.25) is 0 Å². The first-order valence-corrected chi connectivity index (χ1v) is 13.1. The molecule has 2 aliphatic rings. The predicted molar refractivity (Wildman–Crippen MR) is 135 cm³/mol. The molecule has 1 aromatic heterocycles. The number of rotatable bonds is 7. The molecule has 1 saturated heterocycles. The monoisotopic (exact) mass is 453 g/mol. The Bertz CT molecular complexity index is 918. The molecule has 2 aromatic rings. The Morgan fingerprint density at radius 1 is 1.00 bits per heavy atom. The number of benzene rings is 1. The van der Waals surface area contributed by atoms with Gasteiger partial charge in [-0.15, -0.1) is 0 Å². The Labute approximate surface area is 199 Å². The first-order chi connectivity index (χ1) is 15.8. The first-order valence-electron chi connectivity index (χ1n) is 13.1. The maximum absolute atomic E-state index is 12.4. The Kier molecular flexibility index (Phi) is 7.80. The van der Waals surface area contributed by atoms with Crippen molar-refractivity contribution in [1.82, 2.24) is 9.47 Å². The van der Waals surface area contributed by atoms with Crippen LogP contribution in [0.15, 0.2) is 30.3 Å². The number of likely N-dealkylation sites (tertiary alicyclic amines) is 1. The van der Waals surface area contributed by atoms with Gasteiger partial charge in [-0.2, -0.15) is 0 Å². The van der Waals surface area contributed by atoms with E-state index in [1.165, 1.54) is 36.6 Å². The minimum absolute atomic E-state index is 0.0725. The summed E-state index contributed by atoms with van der Waals surface area (Å²) < 4.78 is 8.10. The summed E-state index contributed by atoms with van der Waals surface area (Å²) in [6.45, 7) is 11.3. The first kappa shape index (κ1) is 24.3. The van der Waals surface area contributed by atoms with Gasteiger partial charge in [-0.3, -0.25) is 4.79 Å². The van der Waals surface area contributed by atoms with Gasteiger partial charge in [0.25, 0.3) is 0 Å². The third-order valence-electron chi connectivity index (χ3n) is 8.25. The Balaban J connectivity index is 1.43. The molecule has 5 nitrogen and oxygen atoms in total. The van der Waals surface area contributed by atoms with E-state index in [1.54, 1.807) is 0 Å². The summed E-state index contributed by atoms with van der Waals surface area (Å²) in [5, 5.41) is 1.21. The second-order valence-electron chi connectivity index (χ2n) is 11.0. The van der Waals surface area contributed by atoms with E-state index >= 15 is 0 Å². The van der Waals surface area contributed by atoms with Gasteiger partial charge in [-0.05, 0) is 73.8 Å². The minimum Gasteiger partial charge on any atom is -0.458 e. The van der Waals surface area contributed by atoms with Crippen LogP contribution in [0, 0.1) is 17.8 Å². The van der Waals surface area contributed by atoms with Crippen molar-refractivity contribution in [3.05, 3.63) is 36.0 Å². The van der Waals surface area contributed by atoms with Crippen molar-refractivity contribution in [3.63, 3.8) is 0 Å². The van der Waals surface area contributed by atoms with Crippen molar-refractivity contribution in [2.45, 2.75) is 91.0 Å². The summed E-state index contributed by atoms with van der Waals surface area (Å²) in [6, 6.07) is 11.3. The largest absolute Gasteiger partial charge is 0.458 e. The lowest BCUT2D eigenvalue weighted by molar-refractivity contribution is -0.147. The molecule has 4 rings (SSSR count). The van der Waals surface area contributed by atoms with Crippen molar-refractivity contribution in [2.24, 2.45) is 23.5 Å². The summed E-state index contributed by atoms with van der Waals surface area (Å²) in [5.41, 5.74) is 8.33. The molecule has 0 radical (unpaired) electrons. The Morgan fingerprint density at radius 2 is 1.67 bits per heavy atom. The molecule has 0 bridgehead atoms. The number of carbonyl (C=O) groups is 1. The van der Waals surface area contributed by atoms with Gasteiger partial charge in [-0.1, -0.05) is 45.9 Å². The summed E-state index contributed by atoms with van der Waals surface area (Å²) in [6.07, 6.45) is 7.79. The van der Waals surface area contributed by atoms with E-state index in [1.807, 2.05) is 13.8 Å². The molecule has 5 heteroatoms. The third-order valence-corrected chi connectivity index (χ3v) is 8.25. The van der Waals surface area contributed by atoms with Crippen LogP contribution in [0.5, 0.6) is 0 Å². The molecule has 182 valence electrons. The maximum Gasteiger partial charge on any atom is 0.323 e. The van der Waals surface area contributed by atoms with Crippen molar-refractivity contribution < 1.29 is 9.53 Å². The van der Waals surface area contributed by atoms with Gasteiger partial charge in [0.05, 0.1) is 5.69 Å². The highest BCUT2D eigenvalue weighted by atomic mass is 16.5. The molecular formula is C28H43N3O2. The molecule has 1 saturated carbocycles. The summed E-state index contributed by atoms with van der Waals surface area (Å²) in [7, 11) is 0. The lowest BCUT2D eigenvalue weighted by Crippen LogP contribution is -2.44. The quantitative estimate of drug-likeness (QED) is 0.561. The van der Waals surface area contributed by atoms with E-state index in [2.05, 4.69) is 53.6 Å². The number of carbonyl (C=O) groups excluding carboxylic acids is 1. The number of fused-ring (bicyclic) bond motifs is 1. The average molecular weight is 454 g/mol. The van der Waals surface area contributed by atoms with Crippen LogP contribution in [0.25, 0.3) is 10.9 Å². The summed E-state index contributed by atoms with van der Waals surface area (Å²) >= 11 is 0. The number of hydrogen-bond acceptors (Lipinski definition) is 4. The highest BCUT2D eigenvalue weighted by molar-refractivity contribution is 5.81. The van der Waals surface area contributed by atoms with Gasteiger partial charge in [0.15, 0.2) is 0 Å². The van der Waals surface area contributed by atoms with Gasteiger partial charge in [0.2, 0.25) is 0 Å². The maximum atomic E-state index is 12.4. The number of para-hydroxylation sites is 1. The fourth-order valence-electron chi connectivity index (χ4n) is 5.93. The third kappa shape index (κ3) is 5.46. The lowest BCUT2D eigenvalue weighted by Gasteiger charge is -2.42. The normalized spacial score (nSPS) is 24.0. The van der Waals surface area contributed by atoms with E-state index in [0.717, 1.165) is 49.5 Å². The highest BCUT2D eigenvalue weighted by Gasteiger charge is 2.31. The molecule has 1 aliphatic heterocycles. The van der Waals surface area contributed by atoms with Crippen molar-refractivity contribution in [1.29, 1.82) is 0 Å². The number of nitrogens with two attached hydrogens (primary N) is 1. The molecule has 0 amide bonds. The molecule has 2 heterocycles. The number of piperidine rings is 1. The zero-order chi connectivity index (χ0) is 23.5. The second kappa shape index (κ2) is 10.6. The van der Waals surface area contributed by atoms with Gasteiger partial charge in [0.1, 0.15) is 12.6 Å². The van der Waals surface area contributed by atoms with E-state index < -0.39 is 6.04 Å². The fraction of sp³-hybridized carbons (Fsp3) is 0.679. The van der Waals surface area contributed by atoms with Gasteiger partial charge < -0.3 is 19.9 Å². The molecule has 2 N–H and O–H groups in total. The number of ether oxygens (including phenoxy) is 1. The number of nitrogens with zero attached hydrogens (tertiary/aromatic N) is 2. The number of esters is 1. The number of hydrogen-bond donors (Lipinski definition) is 1. The minimum atomic E-state index is -0.572. The van der Waals surface area contributed by atoms with Crippen LogP contribution in [0.1, 0.15) is 78.0 Å². The van der Waals surface area contributed by atoms with Crippen LogP contribution < -0.4 is 5.73 Å². The van der Waals surface area contributed by atoms with Crippen molar-refractivity contribution in [3.8, 4) is 0 Å². The van der Waals surface area contributed by atoms with E-state index in [9.17, 15) is 4.79 Å². The SMILES string of the molecule is CC(C)C(N)C(=O)OCc1cc2ccccc2n1C1CCN([C@H]2CC[C@@H](C(C)C)CC2)CC1. The second-order valence-corrected chi connectivity index (χ2v) is 11.0. The smallest absolute Gasteiger partial charge is 0.323 e. The molecular weight excluding hydrogens is 410 g/mol. The molecule has 0 spiro atoms. The molecule has 1 aliphatic carbocycles. The number of aromatic nitrogens is 1. The Hall–Kier alpha value is -1.85. The van der Waals surface area contributed by atoms with Gasteiger partial charge in [-0.25, -0.2) is 0 Å². The van der Waals surface area contributed by atoms with E-state index in [-0.39, 0.29) is 18.5 Å². The standard InChI is InChI=1S/C28H43N3O2/c1-19(2)21-9-11-23(12-10-21)30-15-13-24(14-16-30)31-25(17-22-7-5-6-8-26(22)31)18-33-28(32)27(29)20(3)4/h5-8,17,19-21,23-24,27H,9-16,18,29H2,1-4H3/t21-,23+,27?. The van der Waals surface area contributed by atoms with E-state index in [0.29, 0.717) is 6.04 Å². The molecule has 1 atom stereocenters. The van der Waals surface area contributed by atoms with Crippen LogP contribution in [-0.2, 0) is 16.1 Å². The zero-order valence-corrected chi connectivity index (χ0v) is 21.0. The molecule has 33 heavy (non-hydrogen) atoms.